The smallest absolute Gasteiger partial charge is 0.306 e. The highest BCUT2D eigenvalue weighted by Gasteiger charge is 2.34. The lowest BCUT2D eigenvalue weighted by Crippen LogP contribution is -2.37. The number of hydrogen-bond acceptors (Lipinski definition) is 5. The second kappa shape index (κ2) is 9.30. The molecule has 6 nitrogen and oxygen atoms in total. The number of carboxylic acid groups (broad SMARTS) is 1. The molecule has 168 valence electrons. The molecule has 1 fully saturated rings. The van der Waals surface area contributed by atoms with E-state index in [-0.39, 0.29) is 33.6 Å². The molecule has 32 heavy (non-hydrogen) atoms. The fourth-order valence-electron chi connectivity index (χ4n) is 3.71. The number of rotatable bonds is 8. The Balaban J connectivity index is 1.44. The molecule has 4 rings (SSSR count). The number of aryl methyl sites for hydroxylation is 1. The number of carbonyl (C=O) groups is 1. The van der Waals surface area contributed by atoms with E-state index >= 15 is 0 Å². The standard InChI is InChI=1S/C24H22ClFO6/c1-13-8-14(3-5-20(13)31-7-6-30-17-9-16(10-17)24(28)29)21-11-19(27)18-4-2-15(12-26)22(25)23(18)32-21/h2-5,8,11,16-17H,6-7,9-10,12H2,1H3,(H,28,29). The van der Waals surface area contributed by atoms with E-state index in [1.807, 2.05) is 13.0 Å². The lowest BCUT2D eigenvalue weighted by Gasteiger charge is -2.32. The molecule has 1 N–H and O–H groups in total. The highest BCUT2D eigenvalue weighted by atomic mass is 35.5. The largest absolute Gasteiger partial charge is 0.491 e. The van der Waals surface area contributed by atoms with Crippen molar-refractivity contribution in [1.82, 2.24) is 0 Å². The highest BCUT2D eigenvalue weighted by molar-refractivity contribution is 6.35. The lowest BCUT2D eigenvalue weighted by atomic mass is 9.82. The fraction of sp³-hybridized carbons (Fsp3) is 0.333. The molecule has 1 aliphatic rings. The van der Waals surface area contributed by atoms with E-state index in [0.717, 1.165) is 5.56 Å². The van der Waals surface area contributed by atoms with Crippen LogP contribution in [0.5, 0.6) is 5.75 Å². The molecule has 1 aromatic heterocycles. The van der Waals surface area contributed by atoms with Gasteiger partial charge in [-0.2, -0.15) is 0 Å². The van der Waals surface area contributed by atoms with Gasteiger partial charge in [-0.1, -0.05) is 17.7 Å². The summed E-state index contributed by atoms with van der Waals surface area (Å²) in [7, 11) is 0. The molecular weight excluding hydrogens is 439 g/mol. The number of fused-ring (bicyclic) bond motifs is 1. The van der Waals surface area contributed by atoms with Gasteiger partial charge in [0, 0.05) is 17.2 Å². The van der Waals surface area contributed by atoms with Crippen LogP contribution in [0.2, 0.25) is 5.02 Å². The van der Waals surface area contributed by atoms with Crippen molar-refractivity contribution in [3.63, 3.8) is 0 Å². The Morgan fingerprint density at radius 3 is 2.69 bits per heavy atom. The molecule has 8 heteroatoms. The van der Waals surface area contributed by atoms with E-state index in [1.165, 1.54) is 18.2 Å². The van der Waals surface area contributed by atoms with Crippen LogP contribution < -0.4 is 10.2 Å². The number of halogens is 2. The van der Waals surface area contributed by atoms with Crippen LogP contribution in [0.15, 0.2) is 45.6 Å². The van der Waals surface area contributed by atoms with Crippen molar-refractivity contribution < 1.29 is 28.2 Å². The number of hydrogen-bond donors (Lipinski definition) is 1. The minimum Gasteiger partial charge on any atom is -0.491 e. The van der Waals surface area contributed by atoms with Gasteiger partial charge in [0.2, 0.25) is 0 Å². The van der Waals surface area contributed by atoms with Crippen LogP contribution in [0.25, 0.3) is 22.3 Å². The van der Waals surface area contributed by atoms with Crippen LogP contribution >= 0.6 is 11.6 Å². The van der Waals surface area contributed by atoms with E-state index in [9.17, 15) is 14.0 Å². The topological polar surface area (TPSA) is 86.0 Å². The molecule has 0 spiro atoms. The first kappa shape index (κ1) is 22.3. The fourth-order valence-corrected chi connectivity index (χ4v) is 3.96. The van der Waals surface area contributed by atoms with Crippen LogP contribution in [-0.4, -0.2) is 30.4 Å². The Kier molecular flexibility index (Phi) is 6.48. The molecule has 0 unspecified atom stereocenters. The van der Waals surface area contributed by atoms with Crippen molar-refractivity contribution in [2.75, 3.05) is 13.2 Å². The summed E-state index contributed by atoms with van der Waals surface area (Å²) >= 11 is 6.23. The molecule has 0 aliphatic heterocycles. The van der Waals surface area contributed by atoms with Crippen LogP contribution in [0.3, 0.4) is 0 Å². The summed E-state index contributed by atoms with van der Waals surface area (Å²) in [5.41, 5.74) is 1.68. The van der Waals surface area contributed by atoms with E-state index in [1.54, 1.807) is 12.1 Å². The molecule has 3 aromatic rings. The van der Waals surface area contributed by atoms with E-state index in [0.29, 0.717) is 48.5 Å². The third-order valence-electron chi connectivity index (χ3n) is 5.66. The van der Waals surface area contributed by atoms with Gasteiger partial charge >= 0.3 is 5.97 Å². The normalized spacial score (nSPS) is 17.8. The molecule has 0 atom stereocenters. The Hall–Kier alpha value is -2.90. The second-order valence-electron chi connectivity index (χ2n) is 7.85. The SMILES string of the molecule is Cc1cc(-c2cc(=O)c3ccc(CF)c(Cl)c3o2)ccc1OCCOC1CC(C(=O)O)C1. The van der Waals surface area contributed by atoms with Crippen LogP contribution in [0.4, 0.5) is 4.39 Å². The molecule has 1 aliphatic carbocycles. The van der Waals surface area contributed by atoms with E-state index < -0.39 is 12.6 Å². The van der Waals surface area contributed by atoms with Gasteiger partial charge in [-0.25, -0.2) is 4.39 Å². The van der Waals surface area contributed by atoms with Gasteiger partial charge in [0.15, 0.2) is 11.0 Å². The van der Waals surface area contributed by atoms with E-state index in [4.69, 9.17) is 30.6 Å². The third kappa shape index (κ3) is 4.49. The van der Waals surface area contributed by atoms with Crippen LogP contribution in [-0.2, 0) is 16.2 Å². The Morgan fingerprint density at radius 1 is 1.22 bits per heavy atom. The first-order valence-corrected chi connectivity index (χ1v) is 10.6. The molecule has 1 saturated carbocycles. The van der Waals surface area contributed by atoms with Gasteiger partial charge in [0.05, 0.1) is 29.0 Å². The minimum atomic E-state index is -0.774. The average molecular weight is 461 g/mol. The predicted molar refractivity (Wildman–Crippen MR) is 118 cm³/mol. The minimum absolute atomic E-state index is 0.0243. The summed E-state index contributed by atoms with van der Waals surface area (Å²) in [5, 5.41) is 9.28. The second-order valence-corrected chi connectivity index (χ2v) is 8.23. The number of benzene rings is 2. The van der Waals surface area contributed by atoms with Gasteiger partial charge in [-0.3, -0.25) is 9.59 Å². The molecule has 1 heterocycles. The molecule has 0 saturated heterocycles. The van der Waals surface area contributed by atoms with Crippen LogP contribution in [0, 0.1) is 12.8 Å². The van der Waals surface area contributed by atoms with Gasteiger partial charge in [0.1, 0.15) is 24.8 Å². The van der Waals surface area contributed by atoms with Gasteiger partial charge in [-0.05, 0) is 49.6 Å². The van der Waals surface area contributed by atoms with Crippen molar-refractivity contribution >= 4 is 28.5 Å². The summed E-state index contributed by atoms with van der Waals surface area (Å²) < 4.78 is 30.4. The summed E-state index contributed by atoms with van der Waals surface area (Å²) in [6.07, 6.45) is 1.05. The van der Waals surface area contributed by atoms with Crippen molar-refractivity contribution in [2.24, 2.45) is 5.92 Å². The molecule has 2 aromatic carbocycles. The number of alkyl halides is 1. The van der Waals surface area contributed by atoms with Gasteiger partial charge in [-0.15, -0.1) is 0 Å². The predicted octanol–water partition coefficient (Wildman–Crippen LogP) is 5.15. The lowest BCUT2D eigenvalue weighted by molar-refractivity contribution is -0.151. The summed E-state index contributed by atoms with van der Waals surface area (Å²) in [4.78, 5) is 23.3. The summed E-state index contributed by atoms with van der Waals surface area (Å²) in [6.45, 7) is 1.82. The number of ether oxygens (including phenoxy) is 2. The van der Waals surface area contributed by atoms with Gasteiger partial charge < -0.3 is 19.0 Å². The maximum Gasteiger partial charge on any atom is 0.306 e. The average Bonchev–Trinajstić information content (AvgIpc) is 2.73. The Labute approximate surface area is 188 Å². The Bertz CT molecular complexity index is 1220. The Morgan fingerprint density at radius 2 is 2.00 bits per heavy atom. The maximum absolute atomic E-state index is 13.1. The zero-order chi connectivity index (χ0) is 22.8. The maximum atomic E-state index is 13.1. The quantitative estimate of drug-likeness (QED) is 0.468. The summed E-state index contributed by atoms with van der Waals surface area (Å²) in [6, 6.07) is 9.76. The zero-order valence-corrected chi connectivity index (χ0v) is 18.2. The number of carboxylic acids is 1. The van der Waals surface area contributed by atoms with Crippen molar-refractivity contribution in [2.45, 2.75) is 32.5 Å². The molecule has 0 amide bonds. The first-order valence-electron chi connectivity index (χ1n) is 10.3. The van der Waals surface area contributed by atoms with Crippen LogP contribution in [0.1, 0.15) is 24.0 Å². The van der Waals surface area contributed by atoms with Crippen molar-refractivity contribution in [3.05, 3.63) is 62.8 Å². The molecule has 0 bridgehead atoms. The molecular formula is C24H22ClFO6. The number of aliphatic carboxylic acids is 1. The third-order valence-corrected chi connectivity index (χ3v) is 6.07. The van der Waals surface area contributed by atoms with Crippen molar-refractivity contribution in [1.29, 1.82) is 0 Å². The highest BCUT2D eigenvalue weighted by Crippen LogP contribution is 2.32. The molecule has 0 radical (unpaired) electrons. The summed E-state index contributed by atoms with van der Waals surface area (Å²) in [5.74, 6) is -0.0832. The van der Waals surface area contributed by atoms with Gasteiger partial charge in [0.25, 0.3) is 0 Å². The first-order chi connectivity index (χ1) is 15.4. The van der Waals surface area contributed by atoms with E-state index in [2.05, 4.69) is 0 Å². The van der Waals surface area contributed by atoms with Crippen molar-refractivity contribution in [3.8, 4) is 17.1 Å². The monoisotopic (exact) mass is 460 g/mol. The zero-order valence-electron chi connectivity index (χ0n) is 17.4.